The second-order valence-corrected chi connectivity index (χ2v) is 8.19. The van der Waals surface area contributed by atoms with Gasteiger partial charge >= 0.3 is 0 Å². The van der Waals surface area contributed by atoms with Crippen molar-refractivity contribution in [3.63, 3.8) is 0 Å². The van der Waals surface area contributed by atoms with Crippen LogP contribution in [0, 0.1) is 13.8 Å². The Morgan fingerprint density at radius 1 is 1.23 bits per heavy atom. The molecule has 3 amide bonds. The molecule has 1 aliphatic rings. The fourth-order valence-electron chi connectivity index (χ4n) is 3.44. The first-order valence-electron chi connectivity index (χ1n) is 9.34. The molecule has 144 valence electrons. The molecule has 1 fully saturated rings. The maximum absolute atomic E-state index is 12.6. The molecule has 1 aromatic rings. The monoisotopic (exact) mass is 379 g/mol. The number of carbonyl (C=O) groups excluding carboxylic acids is 3. The fraction of sp³-hybridized carbons (Fsp3) is 0.632. The van der Waals surface area contributed by atoms with Crippen molar-refractivity contribution in [2.24, 2.45) is 5.73 Å². The molecule has 0 atom stereocenters. The normalized spacial score (nSPS) is 14.4. The van der Waals surface area contributed by atoms with Crippen LogP contribution in [0.15, 0.2) is 0 Å². The molecule has 7 heteroatoms. The number of unbranched alkanes of at least 4 members (excludes halogenated alkanes) is 1. The van der Waals surface area contributed by atoms with Gasteiger partial charge in [0, 0.05) is 17.3 Å². The SMILES string of the molecule is CCCCC(=O)N(CC(=O)Nc1sc(C)c(C)c1C(N)=O)C1CCCC1. The third kappa shape index (κ3) is 4.84. The zero-order chi connectivity index (χ0) is 19.3. The number of carbonyl (C=O) groups is 3. The third-order valence-corrected chi connectivity index (χ3v) is 6.15. The predicted octanol–water partition coefficient (Wildman–Crippen LogP) is 3.36. The number of hydrogen-bond donors (Lipinski definition) is 2. The standard InChI is InChI=1S/C19H29N3O3S/c1-4-5-10-16(24)22(14-8-6-7-9-14)11-15(23)21-19-17(18(20)25)12(2)13(3)26-19/h14H,4-11H2,1-3H3,(H2,20,25)(H,21,23). The largest absolute Gasteiger partial charge is 0.365 e. The van der Waals surface area contributed by atoms with E-state index in [1.54, 1.807) is 4.90 Å². The van der Waals surface area contributed by atoms with Gasteiger partial charge in [0.2, 0.25) is 11.8 Å². The second-order valence-electron chi connectivity index (χ2n) is 6.96. The number of aryl methyl sites for hydroxylation is 1. The lowest BCUT2D eigenvalue weighted by molar-refractivity contribution is -0.137. The molecule has 0 bridgehead atoms. The van der Waals surface area contributed by atoms with Crippen LogP contribution in [-0.2, 0) is 9.59 Å². The molecule has 1 aromatic heterocycles. The molecular formula is C19H29N3O3S. The van der Waals surface area contributed by atoms with Gasteiger partial charge < -0.3 is 16.0 Å². The van der Waals surface area contributed by atoms with Gasteiger partial charge in [-0.1, -0.05) is 26.2 Å². The molecule has 1 aliphatic carbocycles. The molecule has 0 spiro atoms. The summed E-state index contributed by atoms with van der Waals surface area (Å²) in [5.41, 5.74) is 6.62. The number of nitrogens with two attached hydrogens (primary N) is 1. The highest BCUT2D eigenvalue weighted by atomic mass is 32.1. The lowest BCUT2D eigenvalue weighted by atomic mass is 10.1. The Kier molecular flexibility index (Phi) is 7.20. The summed E-state index contributed by atoms with van der Waals surface area (Å²) in [6.07, 6.45) is 6.36. The van der Waals surface area contributed by atoms with Crippen molar-refractivity contribution in [2.45, 2.75) is 71.8 Å². The van der Waals surface area contributed by atoms with Crippen molar-refractivity contribution in [1.29, 1.82) is 0 Å². The minimum Gasteiger partial charge on any atom is -0.365 e. The van der Waals surface area contributed by atoms with Crippen LogP contribution in [-0.4, -0.2) is 35.2 Å². The summed E-state index contributed by atoms with van der Waals surface area (Å²) in [6, 6.07) is 0.146. The smallest absolute Gasteiger partial charge is 0.251 e. The van der Waals surface area contributed by atoms with Crippen LogP contribution < -0.4 is 11.1 Å². The van der Waals surface area contributed by atoms with E-state index in [0.29, 0.717) is 17.0 Å². The van der Waals surface area contributed by atoms with Crippen molar-refractivity contribution in [3.8, 4) is 0 Å². The van der Waals surface area contributed by atoms with Gasteiger partial charge in [0.15, 0.2) is 0 Å². The van der Waals surface area contributed by atoms with Crippen LogP contribution in [0.25, 0.3) is 0 Å². The molecule has 6 nitrogen and oxygen atoms in total. The highest BCUT2D eigenvalue weighted by molar-refractivity contribution is 7.16. The maximum Gasteiger partial charge on any atom is 0.251 e. The molecule has 3 N–H and O–H groups in total. The molecule has 0 saturated heterocycles. The van der Waals surface area contributed by atoms with E-state index >= 15 is 0 Å². The Morgan fingerprint density at radius 2 is 1.88 bits per heavy atom. The van der Waals surface area contributed by atoms with E-state index in [4.69, 9.17) is 5.73 Å². The first-order valence-corrected chi connectivity index (χ1v) is 10.2. The van der Waals surface area contributed by atoms with Crippen LogP contribution in [0.3, 0.4) is 0 Å². The van der Waals surface area contributed by atoms with E-state index in [2.05, 4.69) is 5.32 Å². The number of primary amides is 1. The van der Waals surface area contributed by atoms with E-state index in [9.17, 15) is 14.4 Å². The van der Waals surface area contributed by atoms with E-state index in [1.807, 2.05) is 20.8 Å². The predicted molar refractivity (Wildman–Crippen MR) is 104 cm³/mol. The number of amides is 3. The number of hydrogen-bond acceptors (Lipinski definition) is 4. The van der Waals surface area contributed by atoms with Gasteiger partial charge in [-0.05, 0) is 38.7 Å². The number of nitrogens with zero attached hydrogens (tertiary/aromatic N) is 1. The van der Waals surface area contributed by atoms with Crippen LogP contribution in [0.5, 0.6) is 0 Å². The van der Waals surface area contributed by atoms with Crippen molar-refractivity contribution in [3.05, 3.63) is 16.0 Å². The van der Waals surface area contributed by atoms with Gasteiger partial charge in [0.1, 0.15) is 11.5 Å². The van der Waals surface area contributed by atoms with E-state index < -0.39 is 5.91 Å². The Morgan fingerprint density at radius 3 is 2.46 bits per heavy atom. The molecule has 0 radical (unpaired) electrons. The lowest BCUT2D eigenvalue weighted by Crippen LogP contribution is -2.43. The summed E-state index contributed by atoms with van der Waals surface area (Å²) in [4.78, 5) is 39.6. The summed E-state index contributed by atoms with van der Waals surface area (Å²) < 4.78 is 0. The van der Waals surface area contributed by atoms with Crippen molar-refractivity contribution in [2.75, 3.05) is 11.9 Å². The number of nitrogens with one attached hydrogen (secondary N) is 1. The summed E-state index contributed by atoms with van der Waals surface area (Å²) in [5.74, 6) is -0.776. The van der Waals surface area contributed by atoms with Crippen molar-refractivity contribution >= 4 is 34.1 Å². The Bertz CT molecular complexity index is 678. The van der Waals surface area contributed by atoms with Crippen molar-refractivity contribution < 1.29 is 14.4 Å². The third-order valence-electron chi connectivity index (χ3n) is 5.03. The highest BCUT2D eigenvalue weighted by Crippen LogP contribution is 2.32. The van der Waals surface area contributed by atoms with Gasteiger partial charge in [-0.2, -0.15) is 0 Å². The first-order chi connectivity index (χ1) is 12.3. The number of rotatable bonds is 8. The molecule has 0 aliphatic heterocycles. The van der Waals surface area contributed by atoms with Crippen LogP contribution >= 0.6 is 11.3 Å². The molecule has 0 unspecified atom stereocenters. The Hall–Kier alpha value is -1.89. The molecule has 0 aromatic carbocycles. The average Bonchev–Trinajstić information content (AvgIpc) is 3.19. The van der Waals surface area contributed by atoms with Crippen LogP contribution in [0.1, 0.15) is 72.7 Å². The molecular weight excluding hydrogens is 350 g/mol. The van der Waals surface area contributed by atoms with Gasteiger partial charge in [0.05, 0.1) is 5.56 Å². The quantitative estimate of drug-likeness (QED) is 0.725. The van der Waals surface area contributed by atoms with E-state index in [0.717, 1.165) is 49.0 Å². The summed E-state index contributed by atoms with van der Waals surface area (Å²) >= 11 is 1.34. The number of thiophene rings is 1. The summed E-state index contributed by atoms with van der Waals surface area (Å²) in [5, 5.41) is 3.28. The van der Waals surface area contributed by atoms with Gasteiger partial charge in [-0.25, -0.2) is 0 Å². The minimum atomic E-state index is -0.547. The zero-order valence-corrected chi connectivity index (χ0v) is 16.7. The lowest BCUT2D eigenvalue weighted by Gasteiger charge is -2.28. The van der Waals surface area contributed by atoms with Gasteiger partial charge in [0.25, 0.3) is 5.91 Å². The fourth-order valence-corrected chi connectivity index (χ4v) is 4.52. The number of anilines is 1. The topological polar surface area (TPSA) is 92.5 Å². The van der Waals surface area contributed by atoms with E-state index in [1.165, 1.54) is 11.3 Å². The van der Waals surface area contributed by atoms with Gasteiger partial charge in [-0.3, -0.25) is 14.4 Å². The molecule has 1 saturated carbocycles. The minimum absolute atomic E-state index is 0.0292. The van der Waals surface area contributed by atoms with E-state index in [-0.39, 0.29) is 24.4 Å². The zero-order valence-electron chi connectivity index (χ0n) is 15.9. The Labute approximate surface area is 159 Å². The second kappa shape index (κ2) is 9.16. The summed E-state index contributed by atoms with van der Waals surface area (Å²) in [6.45, 7) is 5.79. The average molecular weight is 380 g/mol. The van der Waals surface area contributed by atoms with Gasteiger partial charge in [-0.15, -0.1) is 11.3 Å². The molecule has 26 heavy (non-hydrogen) atoms. The highest BCUT2D eigenvalue weighted by Gasteiger charge is 2.28. The first kappa shape index (κ1) is 20.4. The molecule has 1 heterocycles. The van der Waals surface area contributed by atoms with Crippen LogP contribution in [0.4, 0.5) is 5.00 Å². The maximum atomic E-state index is 12.6. The van der Waals surface area contributed by atoms with Crippen LogP contribution in [0.2, 0.25) is 0 Å². The van der Waals surface area contributed by atoms with Crippen molar-refractivity contribution in [1.82, 2.24) is 4.90 Å². The summed E-state index contributed by atoms with van der Waals surface area (Å²) in [7, 11) is 0. The Balaban J connectivity index is 2.11. The molecule has 2 rings (SSSR count).